The maximum absolute atomic E-state index is 10.5. The molecular formula is C18H24N2O. The Bertz CT molecular complexity index is 626. The highest BCUT2D eigenvalue weighted by atomic mass is 16.3. The van der Waals surface area contributed by atoms with Gasteiger partial charge in [0.15, 0.2) is 0 Å². The molecule has 1 saturated heterocycles. The summed E-state index contributed by atoms with van der Waals surface area (Å²) in [5, 5.41) is 16.1. The molecule has 2 aromatic rings. The number of phenolic OH excluding ortho intramolecular Hbond substituents is 1. The largest absolute Gasteiger partial charge is 0.507 e. The molecular weight excluding hydrogens is 260 g/mol. The molecule has 2 aromatic carbocycles. The van der Waals surface area contributed by atoms with Gasteiger partial charge in [-0.2, -0.15) is 0 Å². The third kappa shape index (κ3) is 2.89. The number of nitrogens with zero attached hydrogens (tertiary/aromatic N) is 1. The lowest BCUT2D eigenvalue weighted by Crippen LogP contribution is -2.36. The van der Waals surface area contributed by atoms with E-state index in [2.05, 4.69) is 30.3 Å². The second-order valence-electron chi connectivity index (χ2n) is 6.13. The normalized spacial score (nSPS) is 21.0. The summed E-state index contributed by atoms with van der Waals surface area (Å²) in [6.45, 7) is 4.30. The Hall–Kier alpha value is -1.58. The average Bonchev–Trinajstić information content (AvgIpc) is 2.91. The fourth-order valence-electron chi connectivity index (χ4n) is 3.28. The van der Waals surface area contributed by atoms with Gasteiger partial charge >= 0.3 is 0 Å². The number of benzene rings is 2. The first-order valence-corrected chi connectivity index (χ1v) is 7.81. The molecule has 1 heterocycles. The Morgan fingerprint density at radius 1 is 1.29 bits per heavy atom. The van der Waals surface area contributed by atoms with Gasteiger partial charge in [0, 0.05) is 29.6 Å². The quantitative estimate of drug-likeness (QED) is 0.904. The van der Waals surface area contributed by atoms with Crippen LogP contribution in [0.3, 0.4) is 0 Å². The number of aromatic hydroxyl groups is 1. The van der Waals surface area contributed by atoms with Gasteiger partial charge in [0.1, 0.15) is 5.75 Å². The fourth-order valence-corrected chi connectivity index (χ4v) is 3.28. The van der Waals surface area contributed by atoms with Crippen LogP contribution in [0.15, 0.2) is 36.4 Å². The van der Waals surface area contributed by atoms with Gasteiger partial charge in [-0.1, -0.05) is 36.4 Å². The van der Waals surface area contributed by atoms with Crippen molar-refractivity contribution in [1.29, 1.82) is 0 Å². The van der Waals surface area contributed by atoms with Crippen LogP contribution in [0.25, 0.3) is 10.8 Å². The standard InChI is InChI=1S/C18H24N2O/c1-13(19-12-15-7-5-11-20(15)2)16-10-9-14-6-3-4-8-17(14)18(16)21/h3-4,6,8-10,13,15,19,21H,5,7,11-12H2,1-2H3. The van der Waals surface area contributed by atoms with Crippen LogP contribution in [0.1, 0.15) is 31.4 Å². The lowest BCUT2D eigenvalue weighted by Gasteiger charge is -2.23. The van der Waals surface area contributed by atoms with Crippen LogP contribution in [-0.4, -0.2) is 36.2 Å². The molecule has 21 heavy (non-hydrogen) atoms. The summed E-state index contributed by atoms with van der Waals surface area (Å²) in [6.07, 6.45) is 2.55. The first-order chi connectivity index (χ1) is 10.2. The predicted octanol–water partition coefficient (Wildman–Crippen LogP) is 3.29. The number of phenols is 1. The fraction of sp³-hybridized carbons (Fsp3) is 0.444. The van der Waals surface area contributed by atoms with Crippen molar-refractivity contribution < 1.29 is 5.11 Å². The summed E-state index contributed by atoms with van der Waals surface area (Å²) >= 11 is 0. The number of hydrogen-bond acceptors (Lipinski definition) is 3. The highest BCUT2D eigenvalue weighted by Gasteiger charge is 2.21. The van der Waals surface area contributed by atoms with E-state index < -0.39 is 0 Å². The number of nitrogens with one attached hydrogen (secondary N) is 1. The minimum Gasteiger partial charge on any atom is -0.507 e. The summed E-state index contributed by atoms with van der Waals surface area (Å²) in [4.78, 5) is 2.42. The molecule has 0 bridgehead atoms. The van der Waals surface area contributed by atoms with E-state index in [9.17, 15) is 5.11 Å². The van der Waals surface area contributed by atoms with Gasteiger partial charge in [0.2, 0.25) is 0 Å². The first kappa shape index (κ1) is 14.4. The van der Waals surface area contributed by atoms with E-state index in [-0.39, 0.29) is 6.04 Å². The summed E-state index contributed by atoms with van der Waals surface area (Å²) in [7, 11) is 2.19. The molecule has 1 fully saturated rings. The summed E-state index contributed by atoms with van der Waals surface area (Å²) in [5.41, 5.74) is 0.981. The van der Waals surface area contributed by atoms with Crippen molar-refractivity contribution in [3.63, 3.8) is 0 Å². The van der Waals surface area contributed by atoms with E-state index in [0.29, 0.717) is 11.8 Å². The molecule has 2 N–H and O–H groups in total. The van der Waals surface area contributed by atoms with Gasteiger partial charge < -0.3 is 15.3 Å². The van der Waals surface area contributed by atoms with E-state index in [1.54, 1.807) is 0 Å². The van der Waals surface area contributed by atoms with Gasteiger partial charge in [-0.25, -0.2) is 0 Å². The number of rotatable bonds is 4. The van der Waals surface area contributed by atoms with Crippen molar-refractivity contribution in [1.82, 2.24) is 10.2 Å². The second-order valence-corrected chi connectivity index (χ2v) is 6.13. The maximum Gasteiger partial charge on any atom is 0.128 e. The van der Waals surface area contributed by atoms with Crippen molar-refractivity contribution in [2.75, 3.05) is 20.1 Å². The number of likely N-dealkylation sites (tertiary alicyclic amines) is 1. The molecule has 1 aliphatic heterocycles. The molecule has 0 saturated carbocycles. The summed E-state index contributed by atoms with van der Waals surface area (Å²) in [6, 6.07) is 12.9. The SMILES string of the molecule is CC(NCC1CCCN1C)c1ccc2ccccc2c1O. The van der Waals surface area contributed by atoms with E-state index in [0.717, 1.165) is 22.9 Å². The van der Waals surface area contributed by atoms with Crippen LogP contribution in [0, 0.1) is 0 Å². The highest BCUT2D eigenvalue weighted by Crippen LogP contribution is 2.32. The van der Waals surface area contributed by atoms with Gasteiger partial charge in [0.25, 0.3) is 0 Å². The van der Waals surface area contributed by atoms with E-state index in [4.69, 9.17) is 0 Å². The Kier molecular flexibility index (Phi) is 4.13. The number of fused-ring (bicyclic) bond motifs is 1. The third-order valence-corrected chi connectivity index (χ3v) is 4.73. The molecule has 0 aliphatic carbocycles. The van der Waals surface area contributed by atoms with Crippen molar-refractivity contribution in [3.05, 3.63) is 42.0 Å². The monoisotopic (exact) mass is 284 g/mol. The summed E-state index contributed by atoms with van der Waals surface area (Å²) in [5.74, 6) is 0.410. The van der Waals surface area contributed by atoms with Crippen LogP contribution in [0.5, 0.6) is 5.75 Å². The van der Waals surface area contributed by atoms with E-state index in [1.807, 2.05) is 30.3 Å². The van der Waals surface area contributed by atoms with Crippen molar-refractivity contribution in [2.24, 2.45) is 0 Å². The predicted molar refractivity (Wildman–Crippen MR) is 87.7 cm³/mol. The molecule has 2 unspecified atom stereocenters. The van der Waals surface area contributed by atoms with Gasteiger partial charge in [-0.15, -0.1) is 0 Å². The minimum absolute atomic E-state index is 0.156. The Labute approximate surface area is 126 Å². The zero-order chi connectivity index (χ0) is 14.8. The molecule has 0 spiro atoms. The van der Waals surface area contributed by atoms with Crippen molar-refractivity contribution >= 4 is 10.8 Å². The maximum atomic E-state index is 10.5. The molecule has 3 heteroatoms. The molecule has 0 aromatic heterocycles. The molecule has 2 atom stereocenters. The van der Waals surface area contributed by atoms with Crippen LogP contribution >= 0.6 is 0 Å². The van der Waals surface area contributed by atoms with Gasteiger partial charge in [-0.05, 0) is 38.7 Å². The first-order valence-electron chi connectivity index (χ1n) is 7.81. The lowest BCUT2D eigenvalue weighted by molar-refractivity contribution is 0.293. The zero-order valence-electron chi connectivity index (χ0n) is 12.8. The van der Waals surface area contributed by atoms with Crippen molar-refractivity contribution in [2.45, 2.75) is 31.8 Å². The number of hydrogen-bond donors (Lipinski definition) is 2. The van der Waals surface area contributed by atoms with Crippen LogP contribution in [-0.2, 0) is 0 Å². The van der Waals surface area contributed by atoms with Crippen LogP contribution in [0.2, 0.25) is 0 Å². The average molecular weight is 284 g/mol. The van der Waals surface area contributed by atoms with E-state index >= 15 is 0 Å². The lowest BCUT2D eigenvalue weighted by atomic mass is 10.0. The van der Waals surface area contributed by atoms with Crippen LogP contribution in [0.4, 0.5) is 0 Å². The topological polar surface area (TPSA) is 35.5 Å². The Balaban J connectivity index is 1.75. The van der Waals surface area contributed by atoms with Crippen molar-refractivity contribution in [3.8, 4) is 5.75 Å². The highest BCUT2D eigenvalue weighted by molar-refractivity contribution is 5.89. The molecule has 3 rings (SSSR count). The molecule has 0 radical (unpaired) electrons. The molecule has 1 aliphatic rings. The van der Waals surface area contributed by atoms with E-state index in [1.165, 1.54) is 19.4 Å². The summed E-state index contributed by atoms with van der Waals surface area (Å²) < 4.78 is 0. The minimum atomic E-state index is 0.156. The Morgan fingerprint density at radius 2 is 2.10 bits per heavy atom. The Morgan fingerprint density at radius 3 is 2.86 bits per heavy atom. The molecule has 0 amide bonds. The van der Waals surface area contributed by atoms with Gasteiger partial charge in [-0.3, -0.25) is 0 Å². The van der Waals surface area contributed by atoms with Crippen LogP contribution < -0.4 is 5.32 Å². The zero-order valence-corrected chi connectivity index (χ0v) is 12.8. The number of likely N-dealkylation sites (N-methyl/N-ethyl adjacent to an activating group) is 1. The smallest absolute Gasteiger partial charge is 0.128 e. The molecule has 112 valence electrons. The molecule has 3 nitrogen and oxygen atoms in total. The van der Waals surface area contributed by atoms with Gasteiger partial charge in [0.05, 0.1) is 0 Å². The third-order valence-electron chi connectivity index (χ3n) is 4.73. The second kappa shape index (κ2) is 6.04.